The summed E-state index contributed by atoms with van der Waals surface area (Å²) in [4.78, 5) is 16.8. The van der Waals surface area contributed by atoms with Gasteiger partial charge in [0.05, 0.1) is 22.1 Å². The first-order chi connectivity index (χ1) is 10.2. The molecule has 2 aromatic rings. The first kappa shape index (κ1) is 14.3. The molecule has 1 aliphatic rings. The Morgan fingerprint density at radius 3 is 3.14 bits per heavy atom. The van der Waals surface area contributed by atoms with Crippen molar-refractivity contribution in [3.8, 4) is 0 Å². The average Bonchev–Trinajstić information content (AvgIpc) is 2.52. The molecule has 3 rings (SSSR count). The van der Waals surface area contributed by atoms with E-state index >= 15 is 0 Å². The molecule has 2 N–H and O–H groups in total. The lowest BCUT2D eigenvalue weighted by Gasteiger charge is -2.22. The van der Waals surface area contributed by atoms with Crippen LogP contribution in [0.25, 0.3) is 10.9 Å². The standard InChI is InChI=1S/C16H18ClN3O/c1-10-8-13(17)15(12-5-3-7-19-14(10)12)20-16(21)11-4-2-6-18-9-11/h3,5,7-8,11,18H,2,4,6,9H2,1H3,(H,20,21)/t11-/m0/s1. The molecule has 0 saturated carbocycles. The van der Waals surface area contributed by atoms with Crippen molar-refractivity contribution in [1.82, 2.24) is 10.3 Å². The van der Waals surface area contributed by atoms with E-state index in [1.165, 1.54) is 0 Å². The topological polar surface area (TPSA) is 54.0 Å². The number of carbonyl (C=O) groups excluding carboxylic acids is 1. The van der Waals surface area contributed by atoms with Crippen LogP contribution in [-0.4, -0.2) is 24.0 Å². The third kappa shape index (κ3) is 2.87. The highest BCUT2D eigenvalue weighted by molar-refractivity contribution is 6.35. The van der Waals surface area contributed by atoms with Gasteiger partial charge < -0.3 is 10.6 Å². The van der Waals surface area contributed by atoms with E-state index in [9.17, 15) is 4.79 Å². The molecule has 1 aromatic heterocycles. The number of nitrogens with one attached hydrogen (secondary N) is 2. The molecule has 110 valence electrons. The van der Waals surface area contributed by atoms with Crippen LogP contribution in [0, 0.1) is 12.8 Å². The van der Waals surface area contributed by atoms with Crippen LogP contribution in [0.15, 0.2) is 24.4 Å². The number of rotatable bonds is 2. The molecule has 21 heavy (non-hydrogen) atoms. The van der Waals surface area contributed by atoms with Gasteiger partial charge >= 0.3 is 0 Å². The van der Waals surface area contributed by atoms with Crippen molar-refractivity contribution in [2.45, 2.75) is 19.8 Å². The summed E-state index contributed by atoms with van der Waals surface area (Å²) in [6, 6.07) is 5.65. The Morgan fingerprint density at radius 1 is 1.52 bits per heavy atom. The van der Waals surface area contributed by atoms with E-state index in [1.807, 2.05) is 25.1 Å². The van der Waals surface area contributed by atoms with Crippen LogP contribution in [-0.2, 0) is 4.79 Å². The zero-order valence-corrected chi connectivity index (χ0v) is 12.7. The molecule has 1 saturated heterocycles. The van der Waals surface area contributed by atoms with Gasteiger partial charge in [0.2, 0.25) is 5.91 Å². The summed E-state index contributed by atoms with van der Waals surface area (Å²) in [5.74, 6) is 0.0287. The van der Waals surface area contributed by atoms with Crippen molar-refractivity contribution in [3.63, 3.8) is 0 Å². The van der Waals surface area contributed by atoms with Crippen molar-refractivity contribution in [3.05, 3.63) is 35.0 Å². The van der Waals surface area contributed by atoms with Crippen molar-refractivity contribution in [2.75, 3.05) is 18.4 Å². The number of anilines is 1. The minimum atomic E-state index is 0.00263. The number of aryl methyl sites for hydroxylation is 1. The molecule has 1 atom stereocenters. The molecule has 0 unspecified atom stereocenters. The van der Waals surface area contributed by atoms with Crippen LogP contribution >= 0.6 is 11.6 Å². The van der Waals surface area contributed by atoms with Gasteiger partial charge in [-0.15, -0.1) is 0 Å². The maximum atomic E-state index is 12.4. The lowest BCUT2D eigenvalue weighted by atomic mass is 9.98. The number of piperidine rings is 1. The van der Waals surface area contributed by atoms with Crippen molar-refractivity contribution < 1.29 is 4.79 Å². The molecule has 0 radical (unpaired) electrons. The molecule has 1 aromatic carbocycles. The third-order valence-corrected chi connectivity index (χ3v) is 4.25. The SMILES string of the molecule is Cc1cc(Cl)c(NC(=O)[C@H]2CCCNC2)c2cccnc12. The molecule has 2 heterocycles. The van der Waals surface area contributed by atoms with Crippen molar-refractivity contribution in [1.29, 1.82) is 0 Å². The number of amides is 1. The second-order valence-corrected chi connectivity index (χ2v) is 5.89. The van der Waals surface area contributed by atoms with Crippen molar-refractivity contribution >= 4 is 34.1 Å². The molecular formula is C16H18ClN3O. The van der Waals surface area contributed by atoms with Gasteiger partial charge in [0.15, 0.2) is 0 Å². The highest BCUT2D eigenvalue weighted by Gasteiger charge is 2.22. The van der Waals surface area contributed by atoms with Crippen LogP contribution in [0.4, 0.5) is 5.69 Å². The van der Waals surface area contributed by atoms with Crippen LogP contribution < -0.4 is 10.6 Å². The predicted octanol–water partition coefficient (Wildman–Crippen LogP) is 3.13. The number of pyridine rings is 1. The number of hydrogen-bond donors (Lipinski definition) is 2. The van der Waals surface area contributed by atoms with E-state index in [2.05, 4.69) is 15.6 Å². The summed E-state index contributed by atoms with van der Waals surface area (Å²) in [5.41, 5.74) is 2.55. The summed E-state index contributed by atoms with van der Waals surface area (Å²) in [7, 11) is 0. The van der Waals surface area contributed by atoms with Crippen LogP contribution in [0.5, 0.6) is 0 Å². The second kappa shape index (κ2) is 6.00. The Morgan fingerprint density at radius 2 is 2.38 bits per heavy atom. The highest BCUT2D eigenvalue weighted by Crippen LogP contribution is 2.33. The van der Waals surface area contributed by atoms with Gasteiger partial charge in [0.25, 0.3) is 0 Å². The van der Waals surface area contributed by atoms with Gasteiger partial charge in [-0.25, -0.2) is 0 Å². The van der Waals surface area contributed by atoms with Gasteiger partial charge in [-0.3, -0.25) is 9.78 Å². The van der Waals surface area contributed by atoms with E-state index in [0.717, 1.165) is 42.4 Å². The molecule has 0 spiro atoms. The number of hydrogen-bond acceptors (Lipinski definition) is 3. The zero-order valence-electron chi connectivity index (χ0n) is 11.9. The minimum absolute atomic E-state index is 0.00263. The monoisotopic (exact) mass is 303 g/mol. The van der Waals surface area contributed by atoms with Crippen LogP contribution in [0.1, 0.15) is 18.4 Å². The van der Waals surface area contributed by atoms with E-state index in [0.29, 0.717) is 10.7 Å². The highest BCUT2D eigenvalue weighted by atomic mass is 35.5. The average molecular weight is 304 g/mol. The normalized spacial score (nSPS) is 18.7. The zero-order chi connectivity index (χ0) is 14.8. The van der Waals surface area contributed by atoms with E-state index in [-0.39, 0.29) is 11.8 Å². The fourth-order valence-electron chi connectivity index (χ4n) is 2.81. The quantitative estimate of drug-likeness (QED) is 0.896. The Labute approximate surface area is 128 Å². The summed E-state index contributed by atoms with van der Waals surface area (Å²) >= 11 is 6.33. The fourth-order valence-corrected chi connectivity index (χ4v) is 3.12. The number of nitrogens with zero attached hydrogens (tertiary/aromatic N) is 1. The lowest BCUT2D eigenvalue weighted by molar-refractivity contribution is -0.120. The Hall–Kier alpha value is -1.65. The molecule has 0 aliphatic carbocycles. The van der Waals surface area contributed by atoms with E-state index in [1.54, 1.807) is 6.20 Å². The predicted molar refractivity (Wildman–Crippen MR) is 85.7 cm³/mol. The number of fused-ring (bicyclic) bond motifs is 1. The van der Waals surface area contributed by atoms with Gasteiger partial charge in [0, 0.05) is 18.1 Å². The van der Waals surface area contributed by atoms with Gasteiger partial charge in [-0.2, -0.15) is 0 Å². The third-order valence-electron chi connectivity index (χ3n) is 3.95. The summed E-state index contributed by atoms with van der Waals surface area (Å²) < 4.78 is 0. The summed E-state index contributed by atoms with van der Waals surface area (Å²) in [6.07, 6.45) is 3.69. The van der Waals surface area contributed by atoms with Gasteiger partial charge in [0.1, 0.15) is 0 Å². The second-order valence-electron chi connectivity index (χ2n) is 5.48. The number of halogens is 1. The fraction of sp³-hybridized carbons (Fsp3) is 0.375. The molecule has 1 fully saturated rings. The number of carbonyl (C=O) groups is 1. The largest absolute Gasteiger partial charge is 0.324 e. The van der Waals surface area contributed by atoms with Crippen LogP contribution in [0.3, 0.4) is 0 Å². The Kier molecular flexibility index (Phi) is 4.08. The lowest BCUT2D eigenvalue weighted by Crippen LogP contribution is -2.37. The smallest absolute Gasteiger partial charge is 0.228 e. The molecule has 4 nitrogen and oxygen atoms in total. The van der Waals surface area contributed by atoms with E-state index in [4.69, 9.17) is 11.6 Å². The van der Waals surface area contributed by atoms with Crippen LogP contribution in [0.2, 0.25) is 5.02 Å². The number of benzene rings is 1. The molecule has 1 amide bonds. The maximum Gasteiger partial charge on any atom is 0.228 e. The Balaban J connectivity index is 1.94. The van der Waals surface area contributed by atoms with Gasteiger partial charge in [-0.05, 0) is 50.1 Å². The molecule has 5 heteroatoms. The summed E-state index contributed by atoms with van der Waals surface area (Å²) in [5, 5.41) is 7.70. The molecule has 0 bridgehead atoms. The maximum absolute atomic E-state index is 12.4. The minimum Gasteiger partial charge on any atom is -0.324 e. The first-order valence-electron chi connectivity index (χ1n) is 7.22. The van der Waals surface area contributed by atoms with Gasteiger partial charge in [-0.1, -0.05) is 11.6 Å². The van der Waals surface area contributed by atoms with E-state index < -0.39 is 0 Å². The number of aromatic nitrogens is 1. The first-order valence-corrected chi connectivity index (χ1v) is 7.60. The molecule has 1 aliphatic heterocycles. The van der Waals surface area contributed by atoms with Crippen molar-refractivity contribution in [2.24, 2.45) is 5.92 Å². The molecular weight excluding hydrogens is 286 g/mol. The Bertz CT molecular complexity index is 681. The summed E-state index contributed by atoms with van der Waals surface area (Å²) in [6.45, 7) is 3.69.